The predicted octanol–water partition coefficient (Wildman–Crippen LogP) is 2.39. The number of rotatable bonds is 5. The number of primary sulfonamides is 1. The molecule has 0 aliphatic carbocycles. The minimum absolute atomic E-state index is 0.0951. The Hall–Kier alpha value is -3.46. The van der Waals surface area contributed by atoms with Gasteiger partial charge >= 0.3 is 5.97 Å². The van der Waals surface area contributed by atoms with Gasteiger partial charge in [-0.25, -0.2) is 13.6 Å². The molecule has 0 bridgehead atoms. The molecule has 0 saturated carbocycles. The smallest absolute Gasteiger partial charge is 0.325 e. The van der Waals surface area contributed by atoms with Crippen LogP contribution in [-0.2, 0) is 26.1 Å². The summed E-state index contributed by atoms with van der Waals surface area (Å²) >= 11 is 2.13. The third-order valence-electron chi connectivity index (χ3n) is 4.62. The Labute approximate surface area is 193 Å². The Morgan fingerprint density at radius 2 is 1.91 bits per heavy atom. The van der Waals surface area contributed by atoms with Crippen molar-refractivity contribution in [1.29, 1.82) is 0 Å². The normalized spacial score (nSPS) is 12.4. The Bertz CT molecular complexity index is 1630. The lowest BCUT2D eigenvalue weighted by Crippen LogP contribution is -2.22. The van der Waals surface area contributed by atoms with Gasteiger partial charge in [-0.05, 0) is 30.3 Å². The zero-order valence-electron chi connectivity index (χ0n) is 16.8. The van der Waals surface area contributed by atoms with Gasteiger partial charge in [-0.2, -0.15) is 4.99 Å². The molecular weight excluding hydrogens is 492 g/mol. The molecular formula is C19H14N4O7S3. The van der Waals surface area contributed by atoms with Crippen LogP contribution in [0.5, 0.6) is 0 Å². The van der Waals surface area contributed by atoms with Gasteiger partial charge in [-0.3, -0.25) is 19.7 Å². The number of nitrogens with zero attached hydrogens (tertiary/aromatic N) is 3. The van der Waals surface area contributed by atoms with E-state index in [0.717, 1.165) is 22.7 Å². The summed E-state index contributed by atoms with van der Waals surface area (Å²) in [5, 5.41) is 16.7. The van der Waals surface area contributed by atoms with Gasteiger partial charge in [0.25, 0.3) is 11.6 Å². The van der Waals surface area contributed by atoms with Gasteiger partial charge in [0.05, 0.1) is 32.0 Å². The van der Waals surface area contributed by atoms with E-state index in [1.54, 1.807) is 6.07 Å². The third-order valence-corrected chi connectivity index (χ3v) is 7.67. The lowest BCUT2D eigenvalue weighted by atomic mass is 10.2. The molecule has 11 nitrogen and oxygen atoms in total. The Morgan fingerprint density at radius 1 is 1.15 bits per heavy atom. The second-order valence-electron chi connectivity index (χ2n) is 6.73. The summed E-state index contributed by atoms with van der Waals surface area (Å²) in [6.45, 7) is -0.254. The highest BCUT2D eigenvalue weighted by atomic mass is 32.2. The van der Waals surface area contributed by atoms with Crippen LogP contribution in [0.3, 0.4) is 0 Å². The van der Waals surface area contributed by atoms with Crippen molar-refractivity contribution in [3.05, 3.63) is 62.3 Å². The van der Waals surface area contributed by atoms with Crippen LogP contribution < -0.4 is 9.94 Å². The van der Waals surface area contributed by atoms with Crippen molar-refractivity contribution in [3.8, 4) is 0 Å². The van der Waals surface area contributed by atoms with E-state index in [1.807, 2.05) is 0 Å². The molecule has 33 heavy (non-hydrogen) atoms. The molecule has 0 unspecified atom stereocenters. The minimum atomic E-state index is -3.95. The van der Waals surface area contributed by atoms with Crippen LogP contribution in [0, 0.1) is 10.1 Å². The van der Waals surface area contributed by atoms with E-state index >= 15 is 0 Å². The molecule has 0 radical (unpaired) electrons. The zero-order valence-corrected chi connectivity index (χ0v) is 19.2. The lowest BCUT2D eigenvalue weighted by molar-refractivity contribution is -0.384. The van der Waals surface area contributed by atoms with Gasteiger partial charge in [0, 0.05) is 22.2 Å². The molecule has 170 valence electrons. The first-order valence-electron chi connectivity index (χ1n) is 9.07. The van der Waals surface area contributed by atoms with Gasteiger partial charge in [0.15, 0.2) is 4.80 Å². The second kappa shape index (κ2) is 8.47. The molecule has 4 rings (SSSR count). The molecule has 2 aromatic carbocycles. The number of carbonyl (C=O) groups excluding carboxylic acids is 2. The third kappa shape index (κ3) is 4.54. The molecule has 14 heteroatoms. The van der Waals surface area contributed by atoms with Gasteiger partial charge in [-0.1, -0.05) is 11.3 Å². The van der Waals surface area contributed by atoms with E-state index in [4.69, 9.17) is 9.88 Å². The van der Waals surface area contributed by atoms with Crippen LogP contribution in [0.2, 0.25) is 0 Å². The summed E-state index contributed by atoms with van der Waals surface area (Å²) in [6, 6.07) is 9.89. The Balaban J connectivity index is 1.84. The highest BCUT2D eigenvalue weighted by molar-refractivity contribution is 7.89. The number of thiazole rings is 1. The van der Waals surface area contributed by atoms with Gasteiger partial charge < -0.3 is 9.30 Å². The highest BCUT2D eigenvalue weighted by Crippen LogP contribution is 2.29. The topological polar surface area (TPSA) is 164 Å². The first kappa shape index (κ1) is 22.7. The summed E-state index contributed by atoms with van der Waals surface area (Å²) < 4.78 is 30.7. The van der Waals surface area contributed by atoms with Crippen LogP contribution in [0.15, 0.2) is 52.4 Å². The van der Waals surface area contributed by atoms with Crippen molar-refractivity contribution in [1.82, 2.24) is 4.57 Å². The predicted molar refractivity (Wildman–Crippen MR) is 122 cm³/mol. The summed E-state index contributed by atoms with van der Waals surface area (Å²) in [7, 11) is -2.74. The molecule has 1 amide bonds. The van der Waals surface area contributed by atoms with Crippen LogP contribution in [0.1, 0.15) is 9.67 Å². The summed E-state index contributed by atoms with van der Waals surface area (Å²) in [6.07, 6.45) is 0. The molecule has 0 spiro atoms. The number of hydrogen-bond acceptors (Lipinski definition) is 9. The van der Waals surface area contributed by atoms with Crippen molar-refractivity contribution < 1.29 is 27.7 Å². The molecule has 2 N–H and O–H groups in total. The average Bonchev–Trinajstić information content (AvgIpc) is 3.33. The van der Waals surface area contributed by atoms with Crippen molar-refractivity contribution in [2.24, 2.45) is 10.1 Å². The van der Waals surface area contributed by atoms with Crippen LogP contribution in [0.4, 0.5) is 5.69 Å². The fraction of sp³-hybridized carbons (Fsp3) is 0.105. The zero-order chi connectivity index (χ0) is 23.9. The first-order valence-corrected chi connectivity index (χ1v) is 12.2. The molecule has 4 aromatic rings. The quantitative estimate of drug-likeness (QED) is 0.247. The van der Waals surface area contributed by atoms with Gasteiger partial charge in [0.1, 0.15) is 6.54 Å². The molecule has 0 atom stereocenters. The second-order valence-corrected chi connectivity index (χ2v) is 10.4. The molecule has 0 aliphatic heterocycles. The van der Waals surface area contributed by atoms with Gasteiger partial charge in [0.2, 0.25) is 10.0 Å². The van der Waals surface area contributed by atoms with Crippen LogP contribution in [0.25, 0.3) is 20.3 Å². The number of carbonyl (C=O) groups is 2. The number of non-ortho nitro benzene ring substituents is 1. The van der Waals surface area contributed by atoms with Crippen molar-refractivity contribution in [2.75, 3.05) is 7.11 Å². The number of amides is 1. The van der Waals surface area contributed by atoms with Crippen molar-refractivity contribution in [3.63, 3.8) is 0 Å². The summed E-state index contributed by atoms with van der Waals surface area (Å²) in [4.78, 5) is 39.7. The SMILES string of the molecule is COC(=O)Cn1c(=NC(=O)c2cc3cc([N+](=O)[O-])ccc3s2)sc2cc(S(N)(=O)=O)ccc21. The number of nitro benzene ring substituents is 1. The number of esters is 1. The Morgan fingerprint density at radius 3 is 2.58 bits per heavy atom. The largest absolute Gasteiger partial charge is 0.468 e. The van der Waals surface area contributed by atoms with Gasteiger partial charge in [-0.15, -0.1) is 11.3 Å². The van der Waals surface area contributed by atoms with E-state index in [1.165, 1.54) is 48.1 Å². The number of sulfonamides is 1. The van der Waals surface area contributed by atoms with E-state index in [9.17, 15) is 28.1 Å². The number of methoxy groups -OCH3 is 1. The fourth-order valence-corrected chi connectivity index (χ4v) is 5.66. The first-order chi connectivity index (χ1) is 15.6. The number of hydrogen-bond donors (Lipinski definition) is 1. The number of aromatic nitrogens is 1. The van der Waals surface area contributed by atoms with E-state index in [0.29, 0.717) is 20.3 Å². The van der Waals surface area contributed by atoms with E-state index < -0.39 is 26.8 Å². The standard InChI is InChI=1S/C19H14N4O7S3/c1-30-17(24)9-22-13-4-3-12(33(20,28)29)8-15(13)32-19(22)21-18(25)16-7-10-6-11(23(26)27)2-5-14(10)31-16/h2-8H,9H2,1H3,(H2,20,28,29). The number of nitro groups is 1. The summed E-state index contributed by atoms with van der Waals surface area (Å²) in [5.41, 5.74) is 0.374. The molecule has 2 heterocycles. The average molecular weight is 507 g/mol. The maximum atomic E-state index is 12.9. The van der Waals surface area contributed by atoms with Crippen LogP contribution in [-0.4, -0.2) is 36.9 Å². The monoisotopic (exact) mass is 506 g/mol. The molecule has 0 aliphatic rings. The number of nitrogens with two attached hydrogens (primary N) is 1. The fourth-order valence-electron chi connectivity index (χ4n) is 3.05. The number of ether oxygens (including phenoxy) is 1. The van der Waals surface area contributed by atoms with E-state index in [2.05, 4.69) is 4.99 Å². The van der Waals surface area contributed by atoms with Crippen molar-refractivity contribution >= 4 is 70.6 Å². The minimum Gasteiger partial charge on any atom is -0.468 e. The molecule has 0 fully saturated rings. The van der Waals surface area contributed by atoms with Crippen molar-refractivity contribution in [2.45, 2.75) is 11.4 Å². The summed E-state index contributed by atoms with van der Waals surface area (Å²) in [5.74, 6) is -1.20. The van der Waals surface area contributed by atoms with E-state index in [-0.39, 0.29) is 26.8 Å². The number of thiophene rings is 1. The number of benzene rings is 2. The highest BCUT2D eigenvalue weighted by Gasteiger charge is 2.17. The van der Waals surface area contributed by atoms with Crippen LogP contribution >= 0.6 is 22.7 Å². The Kier molecular flexibility index (Phi) is 5.84. The lowest BCUT2D eigenvalue weighted by Gasteiger charge is -2.04. The number of fused-ring (bicyclic) bond motifs is 2. The molecule has 2 aromatic heterocycles. The maximum absolute atomic E-state index is 12.9. The maximum Gasteiger partial charge on any atom is 0.325 e. The molecule has 0 saturated heterocycles.